The van der Waals surface area contributed by atoms with Crippen LogP contribution in [0.15, 0.2) is 12.7 Å². The second kappa shape index (κ2) is 6.89. The van der Waals surface area contributed by atoms with Crippen LogP contribution in [-0.4, -0.2) is 60.3 Å². The molecule has 0 aromatic carbocycles. The van der Waals surface area contributed by atoms with Crippen molar-refractivity contribution < 1.29 is 33.1 Å². The van der Waals surface area contributed by atoms with Crippen molar-refractivity contribution in [2.24, 2.45) is 0 Å². The fraction of sp³-hybridized carbons (Fsp3) is 0.571. The number of aliphatic hydroxyl groups excluding tert-OH is 1. The van der Waals surface area contributed by atoms with Gasteiger partial charge in [-0.3, -0.25) is 18.4 Å². The molecule has 3 N–H and O–H groups in total. The summed E-state index contributed by atoms with van der Waals surface area (Å²) in [4.78, 5) is 33.7. The molecular formula is C14H18N5O7P. The molecule has 27 heavy (non-hydrogen) atoms. The van der Waals surface area contributed by atoms with Crippen molar-refractivity contribution in [3.8, 4) is 0 Å². The molecule has 0 aliphatic carbocycles. The average Bonchev–Trinajstić information content (AvgIpc) is 3.17. The van der Waals surface area contributed by atoms with E-state index >= 15 is 0 Å². The van der Waals surface area contributed by atoms with Gasteiger partial charge in [-0.15, -0.1) is 0 Å². The predicted molar refractivity (Wildman–Crippen MR) is 89.4 cm³/mol. The highest BCUT2D eigenvalue weighted by atomic mass is 31.2. The highest BCUT2D eigenvalue weighted by Crippen LogP contribution is 2.52. The largest absolute Gasteiger partial charge is 0.472 e. The first kappa shape index (κ1) is 18.4. The molecule has 1 unspecified atom stereocenters. The van der Waals surface area contributed by atoms with E-state index in [-0.39, 0.29) is 18.3 Å². The first-order valence-electron chi connectivity index (χ1n) is 8.36. The van der Waals surface area contributed by atoms with Gasteiger partial charge in [-0.1, -0.05) is 6.92 Å². The fourth-order valence-electron chi connectivity index (χ4n) is 3.12. The fourth-order valence-corrected chi connectivity index (χ4v) is 4.08. The van der Waals surface area contributed by atoms with Gasteiger partial charge >= 0.3 is 7.82 Å². The summed E-state index contributed by atoms with van der Waals surface area (Å²) in [6.07, 6.45) is -0.262. The number of aliphatic hydroxyl groups is 1. The minimum atomic E-state index is -4.21. The molecule has 2 aliphatic rings. The van der Waals surface area contributed by atoms with Crippen LogP contribution >= 0.6 is 7.82 Å². The van der Waals surface area contributed by atoms with Crippen LogP contribution < -0.4 is 5.32 Å². The summed E-state index contributed by atoms with van der Waals surface area (Å²) in [6, 6.07) is 0. The van der Waals surface area contributed by atoms with Gasteiger partial charge in [0.2, 0.25) is 5.91 Å². The van der Waals surface area contributed by atoms with E-state index < -0.39 is 32.4 Å². The average molecular weight is 399 g/mol. The Labute approximate surface area is 153 Å². The zero-order valence-electron chi connectivity index (χ0n) is 14.3. The Morgan fingerprint density at radius 2 is 2.26 bits per heavy atom. The van der Waals surface area contributed by atoms with Gasteiger partial charge in [-0.05, 0) is 6.42 Å². The zero-order valence-corrected chi connectivity index (χ0v) is 15.2. The van der Waals surface area contributed by atoms with Gasteiger partial charge in [0.05, 0.1) is 12.9 Å². The number of imidazole rings is 1. The van der Waals surface area contributed by atoms with Crippen molar-refractivity contribution in [1.82, 2.24) is 19.5 Å². The number of nitrogens with zero attached hydrogens (tertiary/aromatic N) is 4. The van der Waals surface area contributed by atoms with Gasteiger partial charge in [0.1, 0.15) is 24.6 Å². The van der Waals surface area contributed by atoms with Gasteiger partial charge in [-0.2, -0.15) is 0 Å². The second-order valence-electron chi connectivity index (χ2n) is 6.23. The minimum absolute atomic E-state index is 0.189. The number of nitrogens with one attached hydrogen (secondary N) is 1. The van der Waals surface area contributed by atoms with Crippen LogP contribution in [0.25, 0.3) is 11.2 Å². The summed E-state index contributed by atoms with van der Waals surface area (Å²) in [5, 5.41) is 13.2. The second-order valence-corrected chi connectivity index (χ2v) is 7.64. The maximum absolute atomic E-state index is 11.9. The molecule has 0 spiro atoms. The van der Waals surface area contributed by atoms with Crippen LogP contribution in [0.3, 0.4) is 0 Å². The quantitative estimate of drug-likeness (QED) is 0.612. The van der Waals surface area contributed by atoms with Gasteiger partial charge in [0, 0.05) is 6.42 Å². The molecule has 0 bridgehead atoms. The van der Waals surface area contributed by atoms with Gasteiger partial charge in [0.15, 0.2) is 23.2 Å². The topological polar surface area (TPSA) is 158 Å². The van der Waals surface area contributed by atoms with Crippen LogP contribution in [0.5, 0.6) is 0 Å². The minimum Gasteiger partial charge on any atom is -0.386 e. The third kappa shape index (κ3) is 3.35. The molecule has 5 atom stereocenters. The number of phosphoric acid groups is 1. The standard InChI is InChI=1S/C14H18N5O7P/c1-2-3-8(20)18-12-9-13(16-5-15-12)19(6-17-9)14-10(21)11-7(25-14)4-24-27(22,23)26-11/h5-7,10-11,14,21H,2-4H2,1H3,(H,22,23)(H,15,16,18,20)/t7-,10-,11-,14-/m0/s1. The van der Waals surface area contributed by atoms with E-state index in [1.54, 1.807) is 0 Å². The Balaban J connectivity index is 1.63. The van der Waals surface area contributed by atoms with Crippen molar-refractivity contribution in [2.45, 2.75) is 44.3 Å². The number of ether oxygens (including phenoxy) is 1. The van der Waals surface area contributed by atoms with Crippen LogP contribution in [0.4, 0.5) is 5.82 Å². The molecule has 1 amide bonds. The molecule has 13 heteroatoms. The monoisotopic (exact) mass is 399 g/mol. The molecule has 2 saturated heterocycles. The molecule has 4 heterocycles. The van der Waals surface area contributed by atoms with Crippen molar-refractivity contribution >= 4 is 30.7 Å². The third-order valence-electron chi connectivity index (χ3n) is 4.33. The lowest BCUT2D eigenvalue weighted by Gasteiger charge is -2.27. The highest BCUT2D eigenvalue weighted by molar-refractivity contribution is 7.47. The molecule has 2 fully saturated rings. The van der Waals surface area contributed by atoms with Gasteiger partial charge < -0.3 is 20.1 Å². The van der Waals surface area contributed by atoms with Gasteiger partial charge in [0.25, 0.3) is 0 Å². The molecule has 0 radical (unpaired) electrons. The molecular weight excluding hydrogens is 381 g/mol. The van der Waals surface area contributed by atoms with Crippen LogP contribution in [0, 0.1) is 0 Å². The maximum Gasteiger partial charge on any atom is 0.472 e. The Bertz CT molecular complexity index is 920. The third-order valence-corrected chi connectivity index (χ3v) is 5.32. The lowest BCUT2D eigenvalue weighted by Crippen LogP contribution is -2.39. The Kier molecular flexibility index (Phi) is 4.70. The number of amides is 1. The molecule has 0 saturated carbocycles. The van der Waals surface area contributed by atoms with Gasteiger partial charge in [-0.25, -0.2) is 19.5 Å². The summed E-state index contributed by atoms with van der Waals surface area (Å²) in [5.41, 5.74) is 0.658. The number of anilines is 1. The van der Waals surface area contributed by atoms with Crippen molar-refractivity contribution in [3.63, 3.8) is 0 Å². The molecule has 2 aromatic heterocycles. The molecule has 4 rings (SSSR count). The van der Waals surface area contributed by atoms with Crippen molar-refractivity contribution in [1.29, 1.82) is 0 Å². The smallest absolute Gasteiger partial charge is 0.386 e. The summed E-state index contributed by atoms with van der Waals surface area (Å²) in [7, 11) is -4.21. The Morgan fingerprint density at radius 3 is 3.04 bits per heavy atom. The van der Waals surface area contributed by atoms with Crippen molar-refractivity contribution in [3.05, 3.63) is 12.7 Å². The summed E-state index contributed by atoms with van der Waals surface area (Å²) in [6.45, 7) is 1.70. The summed E-state index contributed by atoms with van der Waals surface area (Å²) >= 11 is 0. The number of carbonyl (C=O) groups is 1. The number of phosphoric ester groups is 1. The maximum atomic E-state index is 11.9. The van der Waals surface area contributed by atoms with E-state index in [4.69, 9.17) is 13.8 Å². The Hall–Kier alpha value is -1.95. The van der Waals surface area contributed by atoms with Crippen LogP contribution in [0.2, 0.25) is 0 Å². The van der Waals surface area contributed by atoms with E-state index in [1.165, 1.54) is 17.2 Å². The number of fused-ring (bicyclic) bond motifs is 2. The van der Waals surface area contributed by atoms with E-state index in [0.29, 0.717) is 24.0 Å². The first-order valence-corrected chi connectivity index (χ1v) is 9.86. The SMILES string of the molecule is CCCC(=O)Nc1ncnc2c1ncn2[C@H]1O[C@H]2COP(=O)(O)O[C@@H]2[C@@H]1O. The molecule has 2 aromatic rings. The van der Waals surface area contributed by atoms with Crippen molar-refractivity contribution in [2.75, 3.05) is 11.9 Å². The zero-order chi connectivity index (χ0) is 19.2. The lowest BCUT2D eigenvalue weighted by molar-refractivity contribution is -0.116. The molecule has 146 valence electrons. The van der Waals surface area contributed by atoms with E-state index in [0.717, 1.165) is 0 Å². The van der Waals surface area contributed by atoms with Crippen LogP contribution in [0.1, 0.15) is 26.0 Å². The highest BCUT2D eigenvalue weighted by Gasteiger charge is 2.52. The normalized spacial score (nSPS) is 33.1. The number of carbonyl (C=O) groups excluding carboxylic acids is 1. The summed E-state index contributed by atoms with van der Waals surface area (Å²) < 4.78 is 28.4. The van der Waals surface area contributed by atoms with Crippen LogP contribution in [-0.2, 0) is 23.1 Å². The first-order chi connectivity index (χ1) is 12.9. The van der Waals surface area contributed by atoms with E-state index in [1.807, 2.05) is 6.92 Å². The van der Waals surface area contributed by atoms with E-state index in [2.05, 4.69) is 20.3 Å². The number of rotatable bonds is 4. The number of hydrogen-bond acceptors (Lipinski definition) is 9. The number of hydrogen-bond donors (Lipinski definition) is 3. The molecule has 12 nitrogen and oxygen atoms in total. The Morgan fingerprint density at radius 1 is 1.44 bits per heavy atom. The van der Waals surface area contributed by atoms with E-state index in [9.17, 15) is 19.4 Å². The molecule has 2 aliphatic heterocycles. The number of aromatic nitrogens is 4. The predicted octanol–water partition coefficient (Wildman–Crippen LogP) is 0.339. The summed E-state index contributed by atoms with van der Waals surface area (Å²) in [5.74, 6) is 0.0565. The lowest BCUT2D eigenvalue weighted by atomic mass is 10.1.